The smallest absolute Gasteiger partial charge is 0.313 e. The highest BCUT2D eigenvalue weighted by Gasteiger charge is 2.29. The molecule has 0 amide bonds. The number of hydrogen-bond acceptors (Lipinski definition) is 5. The lowest BCUT2D eigenvalue weighted by Gasteiger charge is -2.16. The van der Waals surface area contributed by atoms with Crippen LogP contribution in [0.2, 0.25) is 0 Å². The van der Waals surface area contributed by atoms with Gasteiger partial charge in [0, 0.05) is 28.9 Å². The molecule has 1 fully saturated rings. The zero-order valence-electron chi connectivity index (χ0n) is 18.7. The first kappa shape index (κ1) is 23.5. The van der Waals surface area contributed by atoms with E-state index in [4.69, 9.17) is 9.72 Å². The molecule has 1 atom stereocenters. The van der Waals surface area contributed by atoms with Crippen LogP contribution in [-0.2, 0) is 14.3 Å². The van der Waals surface area contributed by atoms with E-state index in [9.17, 15) is 19.1 Å². The van der Waals surface area contributed by atoms with Gasteiger partial charge in [-0.25, -0.2) is 4.39 Å². The Hall–Kier alpha value is -3.64. The summed E-state index contributed by atoms with van der Waals surface area (Å²) in [6, 6.07) is 14.1. The molecule has 0 saturated heterocycles. The van der Waals surface area contributed by atoms with Gasteiger partial charge in [0.05, 0.1) is 17.3 Å². The number of aromatic nitrogens is 1. The van der Waals surface area contributed by atoms with E-state index in [1.165, 1.54) is 18.2 Å². The van der Waals surface area contributed by atoms with Crippen LogP contribution in [-0.4, -0.2) is 34.6 Å². The number of esters is 1. The van der Waals surface area contributed by atoms with Gasteiger partial charge < -0.3 is 9.84 Å². The number of hydrogen-bond donors (Lipinski definition) is 1. The third-order valence-corrected chi connectivity index (χ3v) is 5.68. The molecule has 0 bridgehead atoms. The van der Waals surface area contributed by atoms with E-state index in [0.717, 1.165) is 46.1 Å². The van der Waals surface area contributed by atoms with Gasteiger partial charge in [-0.15, -0.1) is 0 Å². The monoisotopic (exact) mass is 459 g/mol. The minimum atomic E-state index is -1.07. The number of halogens is 1. The fourth-order valence-corrected chi connectivity index (χ4v) is 3.95. The molecule has 1 unspecified atom stereocenters. The van der Waals surface area contributed by atoms with Crippen molar-refractivity contribution in [3.8, 4) is 11.1 Å². The molecule has 0 aliphatic heterocycles. The van der Waals surface area contributed by atoms with Crippen LogP contribution in [0.15, 0.2) is 67.3 Å². The topological polar surface area (TPSA) is 76.5 Å². The van der Waals surface area contributed by atoms with Gasteiger partial charge >= 0.3 is 5.97 Å². The van der Waals surface area contributed by atoms with Crippen LogP contribution in [0.5, 0.6) is 0 Å². The van der Waals surface area contributed by atoms with Gasteiger partial charge in [-0.1, -0.05) is 55.1 Å². The molecule has 3 aromatic rings. The Kier molecular flexibility index (Phi) is 7.28. The second kappa shape index (κ2) is 10.5. The Bertz CT molecular complexity index is 1250. The average Bonchev–Trinajstić information content (AvgIpc) is 3.66. The Morgan fingerprint density at radius 1 is 1.18 bits per heavy atom. The van der Waals surface area contributed by atoms with Gasteiger partial charge in [-0.05, 0) is 36.6 Å². The van der Waals surface area contributed by atoms with Crippen molar-refractivity contribution in [2.24, 2.45) is 0 Å². The minimum Gasteiger partial charge on any atom is -0.461 e. The van der Waals surface area contributed by atoms with Crippen LogP contribution < -0.4 is 0 Å². The second-order valence-corrected chi connectivity index (χ2v) is 8.40. The summed E-state index contributed by atoms with van der Waals surface area (Å²) >= 11 is 0. The molecule has 1 aromatic heterocycles. The van der Waals surface area contributed by atoms with Crippen molar-refractivity contribution in [1.29, 1.82) is 0 Å². The molecule has 1 heterocycles. The van der Waals surface area contributed by atoms with Gasteiger partial charge in [0.1, 0.15) is 24.6 Å². The summed E-state index contributed by atoms with van der Waals surface area (Å²) < 4.78 is 18.5. The van der Waals surface area contributed by atoms with E-state index in [0.29, 0.717) is 5.92 Å². The third-order valence-electron chi connectivity index (χ3n) is 5.68. The number of aliphatic hydroxyl groups excluding tert-OH is 1. The number of para-hydroxylation sites is 1. The van der Waals surface area contributed by atoms with Gasteiger partial charge in [-0.2, -0.15) is 0 Å². The summed E-state index contributed by atoms with van der Waals surface area (Å²) in [5, 5.41) is 11.4. The summed E-state index contributed by atoms with van der Waals surface area (Å²) in [5.41, 5.74) is 4.40. The molecule has 2 aromatic carbocycles. The third kappa shape index (κ3) is 5.64. The maximum atomic E-state index is 13.6. The molecule has 1 N–H and O–H groups in total. The maximum absolute atomic E-state index is 13.6. The molecular formula is C28H26FNO4. The molecule has 1 saturated carbocycles. The fraction of sp³-hybridized carbons (Fsp3) is 0.250. The molecule has 1 aliphatic rings. The number of ketones is 1. The van der Waals surface area contributed by atoms with Gasteiger partial charge in [0.15, 0.2) is 0 Å². The van der Waals surface area contributed by atoms with Gasteiger partial charge in [0.25, 0.3) is 0 Å². The molecule has 0 spiro atoms. The molecule has 0 radical (unpaired) electrons. The summed E-state index contributed by atoms with van der Waals surface area (Å²) in [5.74, 6) is -1.05. The summed E-state index contributed by atoms with van der Waals surface area (Å²) in [6.07, 6.45) is 5.16. The maximum Gasteiger partial charge on any atom is 0.313 e. The van der Waals surface area contributed by atoms with Crippen molar-refractivity contribution >= 4 is 28.7 Å². The van der Waals surface area contributed by atoms with E-state index in [1.807, 2.05) is 24.3 Å². The molecule has 34 heavy (non-hydrogen) atoms. The number of aliphatic hydroxyl groups is 1. The minimum absolute atomic E-state index is 0.0413. The Morgan fingerprint density at radius 2 is 1.91 bits per heavy atom. The van der Waals surface area contributed by atoms with Crippen molar-refractivity contribution in [2.75, 3.05) is 6.61 Å². The standard InChI is InChI=1S/C28H26FNO4/c1-2-15-34-26(33)17-22(32)16-21(31)13-14-24-27(18-9-11-20(29)12-10-18)23-5-3-4-6-25(23)30-28(24)19-7-8-19/h2-6,9-14,19,21,31H,1,7-8,15-17H2/b14-13+. The van der Waals surface area contributed by atoms with Crippen LogP contribution in [0.3, 0.4) is 0 Å². The summed E-state index contributed by atoms with van der Waals surface area (Å²) in [6.45, 7) is 3.50. The fourth-order valence-electron chi connectivity index (χ4n) is 3.95. The van der Waals surface area contributed by atoms with Crippen molar-refractivity contribution in [3.05, 3.63) is 84.3 Å². The van der Waals surface area contributed by atoms with Crippen LogP contribution >= 0.6 is 0 Å². The molecule has 4 rings (SSSR count). The summed E-state index contributed by atoms with van der Waals surface area (Å²) in [7, 11) is 0. The van der Waals surface area contributed by atoms with E-state index < -0.39 is 24.3 Å². The first-order valence-corrected chi connectivity index (χ1v) is 11.3. The molecule has 1 aliphatic carbocycles. The Morgan fingerprint density at radius 3 is 2.62 bits per heavy atom. The lowest BCUT2D eigenvalue weighted by Crippen LogP contribution is -2.16. The van der Waals surface area contributed by atoms with Gasteiger partial charge in [0.2, 0.25) is 0 Å². The molecule has 5 nitrogen and oxygen atoms in total. The van der Waals surface area contributed by atoms with E-state index >= 15 is 0 Å². The number of pyridine rings is 1. The number of carbonyl (C=O) groups excluding carboxylic acids is 2. The number of carbonyl (C=O) groups is 2. The predicted molar refractivity (Wildman–Crippen MR) is 130 cm³/mol. The van der Waals surface area contributed by atoms with Crippen molar-refractivity contribution in [3.63, 3.8) is 0 Å². The second-order valence-electron chi connectivity index (χ2n) is 8.40. The van der Waals surface area contributed by atoms with Crippen molar-refractivity contribution in [2.45, 2.75) is 37.7 Å². The van der Waals surface area contributed by atoms with E-state index in [1.54, 1.807) is 24.3 Å². The summed E-state index contributed by atoms with van der Waals surface area (Å²) in [4.78, 5) is 28.7. The number of rotatable bonds is 10. The number of nitrogens with zero attached hydrogens (tertiary/aromatic N) is 1. The zero-order valence-corrected chi connectivity index (χ0v) is 18.7. The number of benzene rings is 2. The quantitative estimate of drug-likeness (QED) is 0.251. The van der Waals surface area contributed by atoms with Crippen molar-refractivity contribution in [1.82, 2.24) is 4.98 Å². The molecule has 6 heteroatoms. The predicted octanol–water partition coefficient (Wildman–Crippen LogP) is 5.37. The molecule has 174 valence electrons. The number of Topliss-reactive ketones (excluding diaryl/α,β-unsaturated/α-hetero) is 1. The van der Waals surface area contributed by atoms with E-state index in [2.05, 4.69) is 6.58 Å². The normalized spacial score (nSPS) is 14.3. The Labute approximate surface area is 197 Å². The average molecular weight is 460 g/mol. The lowest BCUT2D eigenvalue weighted by atomic mass is 9.92. The molecular weight excluding hydrogens is 433 g/mol. The number of fused-ring (bicyclic) bond motifs is 1. The highest BCUT2D eigenvalue weighted by atomic mass is 19.1. The zero-order chi connectivity index (χ0) is 24.1. The van der Waals surface area contributed by atoms with E-state index in [-0.39, 0.29) is 18.8 Å². The first-order chi connectivity index (χ1) is 16.5. The van der Waals surface area contributed by atoms with Crippen molar-refractivity contribution < 1.29 is 23.8 Å². The highest BCUT2D eigenvalue weighted by Crippen LogP contribution is 2.45. The lowest BCUT2D eigenvalue weighted by molar-refractivity contribution is -0.145. The Balaban J connectivity index is 1.66. The largest absolute Gasteiger partial charge is 0.461 e. The highest BCUT2D eigenvalue weighted by molar-refractivity contribution is 5.99. The first-order valence-electron chi connectivity index (χ1n) is 11.3. The van der Waals surface area contributed by atoms with Gasteiger partial charge in [-0.3, -0.25) is 14.6 Å². The van der Waals surface area contributed by atoms with Crippen LogP contribution in [0.4, 0.5) is 4.39 Å². The van der Waals surface area contributed by atoms with Crippen LogP contribution in [0.1, 0.15) is 42.9 Å². The SMILES string of the molecule is C=CCOC(=O)CC(=O)CC(O)/C=C/c1c(C2CC2)nc2ccccc2c1-c1ccc(F)cc1. The van der Waals surface area contributed by atoms with Crippen LogP contribution in [0, 0.1) is 5.82 Å². The van der Waals surface area contributed by atoms with Crippen LogP contribution in [0.25, 0.3) is 28.1 Å². The number of ether oxygens (including phenoxy) is 1.